The highest BCUT2D eigenvalue weighted by Gasteiger charge is 2.02. The first-order valence-corrected chi connectivity index (χ1v) is 7.18. The Kier molecular flexibility index (Phi) is 16.2. The van der Waals surface area contributed by atoms with Crippen molar-refractivity contribution in [3.05, 3.63) is 0 Å². The first-order valence-electron chi connectivity index (χ1n) is 7.18. The van der Waals surface area contributed by atoms with Crippen LogP contribution in [0.2, 0.25) is 0 Å². The highest BCUT2D eigenvalue weighted by molar-refractivity contribution is 14.0. The van der Waals surface area contributed by atoms with Crippen molar-refractivity contribution in [3.8, 4) is 0 Å². The SMILES string of the molecule is CCC(C)NC(=NC)NCCCCCCC(=O)OC.I. The molecule has 0 amide bonds. The summed E-state index contributed by atoms with van der Waals surface area (Å²) in [4.78, 5) is 15.1. The number of carbonyl (C=O) groups is 1. The van der Waals surface area contributed by atoms with Crippen LogP contribution in [0.5, 0.6) is 0 Å². The molecule has 1 unspecified atom stereocenters. The zero-order chi connectivity index (χ0) is 14.5. The van der Waals surface area contributed by atoms with Crippen molar-refractivity contribution in [2.75, 3.05) is 20.7 Å². The van der Waals surface area contributed by atoms with Crippen molar-refractivity contribution in [3.63, 3.8) is 0 Å². The summed E-state index contributed by atoms with van der Waals surface area (Å²) in [6, 6.07) is 0.436. The number of nitrogens with one attached hydrogen (secondary N) is 2. The Morgan fingerprint density at radius 3 is 2.45 bits per heavy atom. The molecule has 0 saturated heterocycles. The molecule has 0 bridgehead atoms. The average Bonchev–Trinajstić information content (AvgIpc) is 2.44. The molecule has 120 valence electrons. The molecule has 20 heavy (non-hydrogen) atoms. The second-order valence-electron chi connectivity index (χ2n) is 4.69. The van der Waals surface area contributed by atoms with E-state index in [9.17, 15) is 4.79 Å². The molecule has 0 rings (SSSR count). The van der Waals surface area contributed by atoms with Gasteiger partial charge in [0.05, 0.1) is 7.11 Å². The number of hydrogen-bond acceptors (Lipinski definition) is 3. The number of unbranched alkanes of at least 4 members (excludes halogenated alkanes) is 3. The maximum Gasteiger partial charge on any atom is 0.305 e. The van der Waals surface area contributed by atoms with Gasteiger partial charge in [-0.25, -0.2) is 0 Å². The van der Waals surface area contributed by atoms with Gasteiger partial charge < -0.3 is 15.4 Å². The number of methoxy groups -OCH3 is 1. The molecule has 2 N–H and O–H groups in total. The Bertz CT molecular complexity index is 273. The third-order valence-corrected chi connectivity index (χ3v) is 3.05. The topological polar surface area (TPSA) is 62.7 Å². The third kappa shape index (κ3) is 12.5. The highest BCUT2D eigenvalue weighted by Crippen LogP contribution is 2.03. The van der Waals surface area contributed by atoms with Gasteiger partial charge in [-0.15, -0.1) is 24.0 Å². The summed E-state index contributed by atoms with van der Waals surface area (Å²) in [5.41, 5.74) is 0. The van der Waals surface area contributed by atoms with Crippen molar-refractivity contribution < 1.29 is 9.53 Å². The van der Waals surface area contributed by atoms with Gasteiger partial charge in [-0.05, 0) is 26.2 Å². The molecule has 0 saturated carbocycles. The predicted molar refractivity (Wildman–Crippen MR) is 94.8 cm³/mol. The van der Waals surface area contributed by atoms with Crippen LogP contribution < -0.4 is 10.6 Å². The van der Waals surface area contributed by atoms with Crippen molar-refractivity contribution >= 4 is 35.9 Å². The largest absolute Gasteiger partial charge is 0.469 e. The molecule has 0 aliphatic carbocycles. The Balaban J connectivity index is 0. The maximum atomic E-state index is 10.9. The highest BCUT2D eigenvalue weighted by atomic mass is 127. The van der Waals surface area contributed by atoms with Crippen LogP contribution in [0.25, 0.3) is 0 Å². The van der Waals surface area contributed by atoms with E-state index in [-0.39, 0.29) is 29.9 Å². The minimum atomic E-state index is -0.115. The van der Waals surface area contributed by atoms with Gasteiger partial charge in [0.2, 0.25) is 0 Å². The lowest BCUT2D eigenvalue weighted by Gasteiger charge is -2.16. The van der Waals surface area contributed by atoms with Crippen molar-refractivity contribution in [1.82, 2.24) is 10.6 Å². The molecular weight excluding hydrogens is 369 g/mol. The second-order valence-corrected chi connectivity index (χ2v) is 4.69. The van der Waals surface area contributed by atoms with E-state index in [4.69, 9.17) is 0 Å². The quantitative estimate of drug-likeness (QED) is 0.206. The fourth-order valence-corrected chi connectivity index (χ4v) is 1.59. The van der Waals surface area contributed by atoms with E-state index < -0.39 is 0 Å². The van der Waals surface area contributed by atoms with Crippen molar-refractivity contribution in [1.29, 1.82) is 0 Å². The summed E-state index contributed by atoms with van der Waals surface area (Å²) in [7, 11) is 3.22. The molecule has 5 nitrogen and oxygen atoms in total. The number of hydrogen-bond donors (Lipinski definition) is 2. The molecule has 0 aromatic rings. The normalized spacial score (nSPS) is 12.3. The summed E-state index contributed by atoms with van der Waals surface area (Å²) >= 11 is 0. The molecule has 6 heteroatoms. The number of guanidine groups is 1. The number of ether oxygens (including phenoxy) is 1. The van der Waals surface area contributed by atoms with E-state index in [2.05, 4.69) is 34.2 Å². The van der Waals surface area contributed by atoms with Gasteiger partial charge in [0.25, 0.3) is 0 Å². The van der Waals surface area contributed by atoms with E-state index >= 15 is 0 Å². The summed E-state index contributed by atoms with van der Waals surface area (Å²) in [5.74, 6) is 0.750. The number of aliphatic imine (C=N–C) groups is 1. The van der Waals surface area contributed by atoms with Crippen LogP contribution in [0, 0.1) is 0 Å². The van der Waals surface area contributed by atoms with Crippen LogP contribution >= 0.6 is 24.0 Å². The van der Waals surface area contributed by atoms with E-state index in [0.717, 1.165) is 44.6 Å². The van der Waals surface area contributed by atoms with E-state index in [1.54, 1.807) is 7.05 Å². The molecule has 0 radical (unpaired) electrons. The standard InChI is InChI=1S/C14H29N3O2.HI/c1-5-12(2)17-14(15-3)16-11-9-7-6-8-10-13(18)19-4;/h12H,5-11H2,1-4H3,(H2,15,16,17);1H. The first kappa shape index (κ1) is 21.8. The van der Waals surface area contributed by atoms with Gasteiger partial charge >= 0.3 is 5.97 Å². The van der Waals surface area contributed by atoms with Gasteiger partial charge in [0.15, 0.2) is 5.96 Å². The van der Waals surface area contributed by atoms with Crippen LogP contribution in [0.1, 0.15) is 52.4 Å². The fraction of sp³-hybridized carbons (Fsp3) is 0.857. The smallest absolute Gasteiger partial charge is 0.305 e. The third-order valence-electron chi connectivity index (χ3n) is 3.05. The monoisotopic (exact) mass is 399 g/mol. The Hall–Kier alpha value is -0.530. The minimum absolute atomic E-state index is 0. The van der Waals surface area contributed by atoms with Crippen molar-refractivity contribution in [2.24, 2.45) is 4.99 Å². The van der Waals surface area contributed by atoms with Crippen LogP contribution in [-0.4, -0.2) is 38.7 Å². The van der Waals surface area contributed by atoms with Crippen LogP contribution in [-0.2, 0) is 9.53 Å². The average molecular weight is 399 g/mol. The van der Waals surface area contributed by atoms with Crippen LogP contribution in [0.3, 0.4) is 0 Å². The van der Waals surface area contributed by atoms with E-state index in [1.165, 1.54) is 7.11 Å². The lowest BCUT2D eigenvalue weighted by Crippen LogP contribution is -2.42. The lowest BCUT2D eigenvalue weighted by molar-refractivity contribution is -0.140. The van der Waals surface area contributed by atoms with Gasteiger partial charge in [-0.2, -0.15) is 0 Å². The van der Waals surface area contributed by atoms with Gasteiger partial charge in [-0.1, -0.05) is 19.8 Å². The summed E-state index contributed by atoms with van der Waals surface area (Å²) in [6.45, 7) is 5.19. The summed E-state index contributed by atoms with van der Waals surface area (Å²) < 4.78 is 4.60. The number of nitrogens with zero attached hydrogens (tertiary/aromatic N) is 1. The minimum Gasteiger partial charge on any atom is -0.469 e. The van der Waals surface area contributed by atoms with Crippen LogP contribution in [0.15, 0.2) is 4.99 Å². The molecule has 0 aliphatic rings. The maximum absolute atomic E-state index is 10.9. The molecular formula is C14H30IN3O2. The molecule has 0 spiro atoms. The lowest BCUT2D eigenvalue weighted by atomic mass is 10.1. The fourth-order valence-electron chi connectivity index (χ4n) is 1.59. The summed E-state index contributed by atoms with van der Waals surface area (Å²) in [6.07, 6.45) is 5.78. The summed E-state index contributed by atoms with van der Waals surface area (Å²) in [5, 5.41) is 6.61. The molecule has 0 fully saturated rings. The van der Waals surface area contributed by atoms with Gasteiger partial charge in [0, 0.05) is 26.1 Å². The number of rotatable bonds is 9. The number of esters is 1. The first-order chi connectivity index (χ1) is 9.13. The van der Waals surface area contributed by atoms with Crippen molar-refractivity contribution in [2.45, 2.75) is 58.4 Å². The number of carbonyl (C=O) groups excluding carboxylic acids is 1. The zero-order valence-electron chi connectivity index (χ0n) is 13.2. The molecule has 0 aromatic heterocycles. The van der Waals surface area contributed by atoms with Gasteiger partial charge in [-0.3, -0.25) is 9.79 Å². The Labute approximate surface area is 140 Å². The van der Waals surface area contributed by atoms with E-state index in [1.807, 2.05) is 0 Å². The Morgan fingerprint density at radius 1 is 1.25 bits per heavy atom. The van der Waals surface area contributed by atoms with Crippen LogP contribution in [0.4, 0.5) is 0 Å². The van der Waals surface area contributed by atoms with E-state index in [0.29, 0.717) is 12.5 Å². The predicted octanol–water partition coefficient (Wildman–Crippen LogP) is 2.69. The number of halogens is 1. The molecule has 0 aliphatic heterocycles. The Morgan fingerprint density at radius 2 is 1.90 bits per heavy atom. The molecule has 0 aromatic carbocycles. The second kappa shape index (κ2) is 14.9. The molecule has 0 heterocycles. The van der Waals surface area contributed by atoms with Gasteiger partial charge in [0.1, 0.15) is 0 Å². The molecule has 1 atom stereocenters. The zero-order valence-corrected chi connectivity index (χ0v) is 15.5.